The highest BCUT2D eigenvalue weighted by Gasteiger charge is 2.14. The fraction of sp³-hybridized carbons (Fsp3) is 0.222. The van der Waals surface area contributed by atoms with E-state index in [-0.39, 0.29) is 5.75 Å². The Kier molecular flexibility index (Phi) is 3.13. The highest BCUT2D eigenvalue weighted by Crippen LogP contribution is 2.24. The van der Waals surface area contributed by atoms with Crippen molar-refractivity contribution in [2.75, 3.05) is 0 Å². The Balaban J connectivity index is 3.03. The minimum absolute atomic E-state index is 0.182. The third-order valence-electron chi connectivity index (χ3n) is 1.84. The summed E-state index contributed by atoms with van der Waals surface area (Å²) in [5, 5.41) is 17.9. The Morgan fingerprint density at radius 3 is 2.62 bits per heavy atom. The zero-order valence-electron chi connectivity index (χ0n) is 6.99. The van der Waals surface area contributed by atoms with Gasteiger partial charge in [0.1, 0.15) is 5.75 Å². The molecule has 70 valence electrons. The number of aliphatic carboxylic acids is 1. The second-order valence-electron chi connectivity index (χ2n) is 2.77. The van der Waals surface area contributed by atoms with Gasteiger partial charge < -0.3 is 10.2 Å². The fourth-order valence-electron chi connectivity index (χ4n) is 0.935. The first-order chi connectivity index (χ1) is 6.02. The molecule has 0 saturated carbocycles. The summed E-state index contributed by atoms with van der Waals surface area (Å²) in [4.78, 5) is 10.6. The number of rotatable bonds is 2. The maximum Gasteiger partial charge on any atom is 0.310 e. The maximum absolute atomic E-state index is 10.6. The number of carbonyl (C=O) groups is 1. The molecule has 1 aromatic carbocycles. The normalized spacial score (nSPS) is 12.5. The van der Waals surface area contributed by atoms with Crippen molar-refractivity contribution in [3.05, 3.63) is 27.3 Å². The van der Waals surface area contributed by atoms with Crippen LogP contribution in [0.5, 0.6) is 5.75 Å². The van der Waals surface area contributed by atoms with Crippen LogP contribution in [0.25, 0.3) is 0 Å². The maximum atomic E-state index is 10.6. The van der Waals surface area contributed by atoms with Gasteiger partial charge in [0.15, 0.2) is 0 Å². The molecule has 1 aromatic rings. The predicted molar refractivity (Wildman–Crippen MR) is 56.9 cm³/mol. The summed E-state index contributed by atoms with van der Waals surface area (Å²) < 4.78 is 0.670. The van der Waals surface area contributed by atoms with Crippen LogP contribution in [0, 0.1) is 3.57 Å². The van der Waals surface area contributed by atoms with Crippen LogP contribution in [-0.2, 0) is 4.79 Å². The standard InChI is InChI=1S/C9H9IO3/c1-5(9(12)13)6-2-3-8(11)7(10)4-6/h2-5,11H,1H3,(H,12,13). The Labute approximate surface area is 89.5 Å². The quantitative estimate of drug-likeness (QED) is 0.821. The van der Waals surface area contributed by atoms with Crippen LogP contribution < -0.4 is 0 Å². The van der Waals surface area contributed by atoms with Gasteiger partial charge in [-0.15, -0.1) is 0 Å². The Hall–Kier alpha value is -0.780. The zero-order valence-corrected chi connectivity index (χ0v) is 9.15. The molecule has 3 nitrogen and oxygen atoms in total. The molecule has 0 spiro atoms. The number of aromatic hydroxyl groups is 1. The van der Waals surface area contributed by atoms with Gasteiger partial charge in [-0.3, -0.25) is 4.79 Å². The average molecular weight is 292 g/mol. The predicted octanol–water partition coefficient (Wildman–Crippen LogP) is 2.18. The number of hydrogen-bond acceptors (Lipinski definition) is 2. The Morgan fingerprint density at radius 2 is 2.15 bits per heavy atom. The molecule has 0 amide bonds. The van der Waals surface area contributed by atoms with Gasteiger partial charge in [-0.25, -0.2) is 0 Å². The number of halogens is 1. The molecule has 0 radical (unpaired) electrons. The fourth-order valence-corrected chi connectivity index (χ4v) is 1.47. The first-order valence-corrected chi connectivity index (χ1v) is 4.81. The molecule has 2 N–H and O–H groups in total. The van der Waals surface area contributed by atoms with E-state index in [1.807, 2.05) is 22.6 Å². The molecule has 1 atom stereocenters. The van der Waals surface area contributed by atoms with E-state index in [1.165, 1.54) is 6.07 Å². The van der Waals surface area contributed by atoms with Gasteiger partial charge in [0.25, 0.3) is 0 Å². The van der Waals surface area contributed by atoms with Crippen molar-refractivity contribution in [1.82, 2.24) is 0 Å². The van der Waals surface area contributed by atoms with E-state index in [4.69, 9.17) is 5.11 Å². The van der Waals surface area contributed by atoms with E-state index in [2.05, 4.69) is 0 Å². The van der Waals surface area contributed by atoms with Gasteiger partial charge in [-0.05, 0) is 47.2 Å². The lowest BCUT2D eigenvalue weighted by Gasteiger charge is -2.07. The van der Waals surface area contributed by atoms with Gasteiger partial charge in [0, 0.05) is 0 Å². The van der Waals surface area contributed by atoms with Gasteiger partial charge >= 0.3 is 5.97 Å². The van der Waals surface area contributed by atoms with Crippen molar-refractivity contribution < 1.29 is 15.0 Å². The van der Waals surface area contributed by atoms with Crippen LogP contribution in [0.2, 0.25) is 0 Å². The number of phenols is 1. The molecule has 0 aliphatic carbocycles. The molecule has 0 aliphatic heterocycles. The number of benzene rings is 1. The van der Waals surface area contributed by atoms with Gasteiger partial charge in [0.2, 0.25) is 0 Å². The SMILES string of the molecule is CC(C(=O)O)c1ccc(O)c(I)c1. The number of hydrogen-bond donors (Lipinski definition) is 2. The van der Waals surface area contributed by atoms with Crippen LogP contribution in [0.3, 0.4) is 0 Å². The van der Waals surface area contributed by atoms with Crippen molar-refractivity contribution in [3.63, 3.8) is 0 Å². The highest BCUT2D eigenvalue weighted by molar-refractivity contribution is 14.1. The Bertz CT molecular complexity index is 336. The van der Waals surface area contributed by atoms with Crippen molar-refractivity contribution in [2.24, 2.45) is 0 Å². The summed E-state index contributed by atoms with van der Waals surface area (Å²) in [7, 11) is 0. The molecule has 1 rings (SSSR count). The van der Waals surface area contributed by atoms with Crippen molar-refractivity contribution in [2.45, 2.75) is 12.8 Å². The van der Waals surface area contributed by atoms with Crippen molar-refractivity contribution in [1.29, 1.82) is 0 Å². The molecule has 13 heavy (non-hydrogen) atoms. The van der Waals surface area contributed by atoms with E-state index < -0.39 is 11.9 Å². The lowest BCUT2D eigenvalue weighted by molar-refractivity contribution is -0.138. The van der Waals surface area contributed by atoms with Crippen LogP contribution in [0.15, 0.2) is 18.2 Å². The Morgan fingerprint density at radius 1 is 1.54 bits per heavy atom. The number of carboxylic acids is 1. The highest BCUT2D eigenvalue weighted by atomic mass is 127. The lowest BCUT2D eigenvalue weighted by Crippen LogP contribution is -2.07. The second-order valence-corrected chi connectivity index (χ2v) is 3.93. The van der Waals surface area contributed by atoms with E-state index >= 15 is 0 Å². The largest absolute Gasteiger partial charge is 0.507 e. The summed E-state index contributed by atoms with van der Waals surface area (Å²) in [5.41, 5.74) is 0.703. The minimum atomic E-state index is -0.860. The molecular formula is C9H9IO3. The summed E-state index contributed by atoms with van der Waals surface area (Å²) in [5.74, 6) is -1.21. The first-order valence-electron chi connectivity index (χ1n) is 3.73. The van der Waals surface area contributed by atoms with Gasteiger partial charge in [-0.2, -0.15) is 0 Å². The monoisotopic (exact) mass is 292 g/mol. The third kappa shape index (κ3) is 2.33. The molecule has 0 heterocycles. The molecule has 0 saturated heterocycles. The first kappa shape index (κ1) is 10.3. The van der Waals surface area contributed by atoms with Crippen LogP contribution in [0.4, 0.5) is 0 Å². The van der Waals surface area contributed by atoms with Gasteiger partial charge in [0.05, 0.1) is 9.49 Å². The average Bonchev–Trinajstić information content (AvgIpc) is 2.08. The summed E-state index contributed by atoms with van der Waals surface area (Å²) >= 11 is 1.96. The number of carboxylic acid groups (broad SMARTS) is 1. The number of phenolic OH excluding ortho intramolecular Hbond substituents is 1. The summed E-state index contributed by atoms with van der Waals surface area (Å²) in [6.07, 6.45) is 0. The third-order valence-corrected chi connectivity index (χ3v) is 2.71. The molecule has 0 bridgehead atoms. The summed E-state index contributed by atoms with van der Waals surface area (Å²) in [6, 6.07) is 4.81. The van der Waals surface area contributed by atoms with E-state index in [0.29, 0.717) is 9.13 Å². The van der Waals surface area contributed by atoms with Gasteiger partial charge in [-0.1, -0.05) is 6.07 Å². The molecule has 0 fully saturated rings. The smallest absolute Gasteiger partial charge is 0.310 e. The van der Waals surface area contributed by atoms with Crippen LogP contribution in [0.1, 0.15) is 18.4 Å². The van der Waals surface area contributed by atoms with E-state index in [9.17, 15) is 9.90 Å². The van der Waals surface area contributed by atoms with E-state index in [1.54, 1.807) is 19.1 Å². The molecule has 1 unspecified atom stereocenters. The lowest BCUT2D eigenvalue weighted by atomic mass is 10.0. The van der Waals surface area contributed by atoms with Crippen LogP contribution in [-0.4, -0.2) is 16.2 Å². The second kappa shape index (κ2) is 3.95. The van der Waals surface area contributed by atoms with E-state index in [0.717, 1.165) is 0 Å². The molecule has 4 heteroatoms. The topological polar surface area (TPSA) is 57.5 Å². The zero-order chi connectivity index (χ0) is 10.0. The summed E-state index contributed by atoms with van der Waals surface area (Å²) in [6.45, 7) is 1.62. The molecule has 0 aliphatic rings. The van der Waals surface area contributed by atoms with Crippen molar-refractivity contribution in [3.8, 4) is 5.75 Å². The molecule has 0 aromatic heterocycles. The van der Waals surface area contributed by atoms with Crippen LogP contribution >= 0.6 is 22.6 Å². The molecular weight excluding hydrogens is 283 g/mol. The minimum Gasteiger partial charge on any atom is -0.507 e. The van der Waals surface area contributed by atoms with Crippen molar-refractivity contribution >= 4 is 28.6 Å².